The maximum atomic E-state index is 12.6. The standard InChI is InChI=1S/C19H15BrCl2F3NO/c20-9-1-2-12-4-7-15(11-17(12)22)26-18(27)8-5-13-3-6-14(10-16(13)21)19(23,24)25/h3-8,10-11H,1-2,9H2,(H,26,27). The molecular weight excluding hydrogens is 466 g/mol. The Bertz CT molecular complexity index is 853. The molecule has 0 spiro atoms. The number of halogens is 6. The van der Waals surface area contributed by atoms with Crippen molar-refractivity contribution in [1.82, 2.24) is 0 Å². The Hall–Kier alpha value is -1.50. The van der Waals surface area contributed by atoms with Gasteiger partial charge >= 0.3 is 6.18 Å². The van der Waals surface area contributed by atoms with Gasteiger partial charge in [0.1, 0.15) is 0 Å². The summed E-state index contributed by atoms with van der Waals surface area (Å²) in [5.41, 5.74) is 0.976. The van der Waals surface area contributed by atoms with Crippen molar-refractivity contribution >= 4 is 56.8 Å². The van der Waals surface area contributed by atoms with Crippen molar-refractivity contribution in [2.75, 3.05) is 10.6 Å². The van der Waals surface area contributed by atoms with Crippen molar-refractivity contribution in [3.8, 4) is 0 Å². The lowest BCUT2D eigenvalue weighted by atomic mass is 10.1. The van der Waals surface area contributed by atoms with E-state index in [0.717, 1.165) is 35.9 Å². The number of carbonyl (C=O) groups excluding carboxylic acids is 1. The number of hydrogen-bond acceptors (Lipinski definition) is 1. The van der Waals surface area contributed by atoms with Crippen LogP contribution >= 0.6 is 39.1 Å². The van der Waals surface area contributed by atoms with Gasteiger partial charge < -0.3 is 5.32 Å². The summed E-state index contributed by atoms with van der Waals surface area (Å²) >= 11 is 15.4. The average Bonchev–Trinajstić information content (AvgIpc) is 2.59. The van der Waals surface area contributed by atoms with E-state index < -0.39 is 17.6 Å². The summed E-state index contributed by atoms with van der Waals surface area (Å²) in [5.74, 6) is -0.449. The number of hydrogen-bond donors (Lipinski definition) is 1. The second-order valence-electron chi connectivity index (χ2n) is 5.66. The van der Waals surface area contributed by atoms with Crippen LogP contribution in [0.5, 0.6) is 0 Å². The molecule has 0 unspecified atom stereocenters. The van der Waals surface area contributed by atoms with Gasteiger partial charge in [-0.3, -0.25) is 4.79 Å². The van der Waals surface area contributed by atoms with Crippen LogP contribution in [0.1, 0.15) is 23.1 Å². The van der Waals surface area contributed by atoms with E-state index in [1.165, 1.54) is 18.2 Å². The van der Waals surface area contributed by atoms with Gasteiger partial charge in [0.15, 0.2) is 0 Å². The third-order valence-corrected chi connectivity index (χ3v) is 4.88. The molecule has 0 aromatic heterocycles. The number of nitrogens with one attached hydrogen (secondary N) is 1. The first-order valence-corrected chi connectivity index (χ1v) is 9.78. The zero-order chi connectivity index (χ0) is 20.0. The minimum Gasteiger partial charge on any atom is -0.322 e. The Morgan fingerprint density at radius 3 is 2.44 bits per heavy atom. The van der Waals surface area contributed by atoms with E-state index in [4.69, 9.17) is 23.2 Å². The fraction of sp³-hybridized carbons (Fsp3) is 0.211. The van der Waals surface area contributed by atoms with E-state index in [1.54, 1.807) is 12.1 Å². The largest absolute Gasteiger partial charge is 0.416 e. The molecule has 2 aromatic rings. The van der Waals surface area contributed by atoms with E-state index >= 15 is 0 Å². The molecule has 0 saturated heterocycles. The summed E-state index contributed by atoms with van der Waals surface area (Å²) in [5, 5.41) is 3.99. The summed E-state index contributed by atoms with van der Waals surface area (Å²) in [6, 6.07) is 8.19. The predicted octanol–water partition coefficient (Wildman–Crippen LogP) is 6.99. The highest BCUT2D eigenvalue weighted by Gasteiger charge is 2.30. The van der Waals surface area contributed by atoms with Crippen LogP contribution in [0.25, 0.3) is 6.08 Å². The van der Waals surface area contributed by atoms with Crippen molar-refractivity contribution in [1.29, 1.82) is 0 Å². The third kappa shape index (κ3) is 6.55. The summed E-state index contributed by atoms with van der Waals surface area (Å²) in [6.07, 6.45) is -0.152. The SMILES string of the molecule is O=C(C=Cc1ccc(C(F)(F)F)cc1Cl)Nc1ccc(CCCBr)c(Cl)c1. The fourth-order valence-electron chi connectivity index (χ4n) is 2.27. The van der Waals surface area contributed by atoms with Crippen LogP contribution in [0.3, 0.4) is 0 Å². The van der Waals surface area contributed by atoms with Gasteiger partial charge in [-0.15, -0.1) is 0 Å². The van der Waals surface area contributed by atoms with Gasteiger partial charge in [0.2, 0.25) is 5.91 Å². The lowest BCUT2D eigenvalue weighted by Crippen LogP contribution is -2.08. The monoisotopic (exact) mass is 479 g/mol. The van der Waals surface area contributed by atoms with Gasteiger partial charge in [0.25, 0.3) is 0 Å². The van der Waals surface area contributed by atoms with Gasteiger partial charge in [0, 0.05) is 27.1 Å². The molecule has 0 aliphatic heterocycles. The van der Waals surface area contributed by atoms with Crippen LogP contribution in [-0.4, -0.2) is 11.2 Å². The second-order valence-corrected chi connectivity index (χ2v) is 7.26. The minimum absolute atomic E-state index is 0.0898. The molecule has 0 saturated carbocycles. The number of carbonyl (C=O) groups is 1. The molecule has 0 aliphatic carbocycles. The molecule has 0 radical (unpaired) electrons. The number of alkyl halides is 4. The first-order chi connectivity index (χ1) is 12.7. The molecule has 8 heteroatoms. The second kappa shape index (κ2) is 9.62. The molecule has 2 aromatic carbocycles. The van der Waals surface area contributed by atoms with Gasteiger partial charge in [-0.1, -0.05) is 51.3 Å². The molecule has 1 N–H and O–H groups in total. The number of anilines is 1. The topological polar surface area (TPSA) is 29.1 Å². The normalized spacial score (nSPS) is 11.8. The van der Waals surface area contributed by atoms with E-state index in [1.807, 2.05) is 6.07 Å². The molecule has 0 fully saturated rings. The quantitative estimate of drug-likeness (QED) is 0.350. The molecule has 144 valence electrons. The van der Waals surface area contributed by atoms with Gasteiger partial charge in [0.05, 0.1) is 5.56 Å². The van der Waals surface area contributed by atoms with Crippen LogP contribution in [0.2, 0.25) is 10.0 Å². The first-order valence-electron chi connectivity index (χ1n) is 7.91. The van der Waals surface area contributed by atoms with Gasteiger partial charge in [-0.25, -0.2) is 0 Å². The van der Waals surface area contributed by atoms with E-state index in [2.05, 4.69) is 21.2 Å². The zero-order valence-electron chi connectivity index (χ0n) is 13.9. The smallest absolute Gasteiger partial charge is 0.322 e. The fourth-order valence-corrected chi connectivity index (χ4v) is 3.07. The lowest BCUT2D eigenvalue weighted by molar-refractivity contribution is -0.137. The number of benzene rings is 2. The molecule has 0 bridgehead atoms. The highest BCUT2D eigenvalue weighted by molar-refractivity contribution is 9.09. The van der Waals surface area contributed by atoms with Crippen molar-refractivity contribution in [2.24, 2.45) is 0 Å². The number of rotatable bonds is 6. The molecule has 2 nitrogen and oxygen atoms in total. The van der Waals surface area contributed by atoms with Crippen molar-refractivity contribution in [3.05, 3.63) is 69.2 Å². The van der Waals surface area contributed by atoms with Crippen LogP contribution in [-0.2, 0) is 17.4 Å². The average molecular weight is 481 g/mol. The number of amides is 1. The molecule has 2 rings (SSSR count). The molecule has 0 aliphatic rings. The van der Waals surface area contributed by atoms with Crippen LogP contribution in [0.15, 0.2) is 42.5 Å². The van der Waals surface area contributed by atoms with Crippen LogP contribution < -0.4 is 5.32 Å². The molecule has 0 heterocycles. The van der Waals surface area contributed by atoms with E-state index in [9.17, 15) is 18.0 Å². The van der Waals surface area contributed by atoms with E-state index in [-0.39, 0.29) is 5.02 Å². The maximum absolute atomic E-state index is 12.6. The van der Waals surface area contributed by atoms with Gasteiger partial charge in [-0.2, -0.15) is 13.2 Å². The third-order valence-electron chi connectivity index (χ3n) is 3.64. The Kier molecular flexibility index (Phi) is 7.77. The summed E-state index contributed by atoms with van der Waals surface area (Å²) in [7, 11) is 0. The Morgan fingerprint density at radius 1 is 1.11 bits per heavy atom. The Balaban J connectivity index is 2.04. The summed E-state index contributed by atoms with van der Waals surface area (Å²) in [6.45, 7) is 0. The predicted molar refractivity (Wildman–Crippen MR) is 108 cm³/mol. The zero-order valence-corrected chi connectivity index (χ0v) is 17.0. The molecular formula is C19H15BrCl2F3NO. The maximum Gasteiger partial charge on any atom is 0.416 e. The Labute approximate surface area is 173 Å². The van der Waals surface area contributed by atoms with Crippen LogP contribution in [0.4, 0.5) is 18.9 Å². The minimum atomic E-state index is -4.47. The van der Waals surface area contributed by atoms with Crippen LogP contribution in [0, 0.1) is 0 Å². The highest BCUT2D eigenvalue weighted by atomic mass is 79.9. The van der Waals surface area contributed by atoms with Crippen molar-refractivity contribution in [3.63, 3.8) is 0 Å². The molecule has 0 atom stereocenters. The highest BCUT2D eigenvalue weighted by Crippen LogP contribution is 2.32. The molecule has 1 amide bonds. The van der Waals surface area contributed by atoms with Gasteiger partial charge in [-0.05, 0) is 54.3 Å². The molecule has 27 heavy (non-hydrogen) atoms. The Morgan fingerprint density at radius 2 is 1.85 bits per heavy atom. The lowest BCUT2D eigenvalue weighted by Gasteiger charge is -2.08. The first kappa shape index (κ1) is 21.8. The van der Waals surface area contributed by atoms with Crippen molar-refractivity contribution in [2.45, 2.75) is 19.0 Å². The summed E-state index contributed by atoms with van der Waals surface area (Å²) in [4.78, 5) is 12.0. The van der Waals surface area contributed by atoms with Crippen molar-refractivity contribution < 1.29 is 18.0 Å². The number of aryl methyl sites for hydroxylation is 1. The van der Waals surface area contributed by atoms with E-state index in [0.29, 0.717) is 16.3 Å². The summed E-state index contributed by atoms with van der Waals surface area (Å²) < 4.78 is 37.9.